The molecule has 0 saturated heterocycles. The van der Waals surface area contributed by atoms with Crippen molar-refractivity contribution < 1.29 is 22.9 Å². The van der Waals surface area contributed by atoms with Gasteiger partial charge in [0.25, 0.3) is 21.6 Å². The van der Waals surface area contributed by atoms with E-state index in [0.717, 1.165) is 16.4 Å². The van der Waals surface area contributed by atoms with E-state index in [-0.39, 0.29) is 5.69 Å². The summed E-state index contributed by atoms with van der Waals surface area (Å²) in [4.78, 5) is 22.6. The van der Waals surface area contributed by atoms with Crippen molar-refractivity contribution in [2.45, 2.75) is 4.90 Å². The molecule has 10 nitrogen and oxygen atoms in total. The standard InChI is InChI=1S/C22H20N4O6S/c1-32-19-11-7-8-17(14-19)15-23-24-22(27)16-25(18-9-3-2-4-10-18)33(30,31)21-13-6-5-12-20(21)26(28)29/h2-15H,16H2,1H3,(H,24,27)/b23-15-. The normalized spacial score (nSPS) is 11.2. The Balaban J connectivity index is 1.87. The predicted octanol–water partition coefficient (Wildman–Crippen LogP) is 2.95. The zero-order valence-corrected chi connectivity index (χ0v) is 18.3. The van der Waals surface area contributed by atoms with Crippen molar-refractivity contribution in [3.8, 4) is 5.75 Å². The van der Waals surface area contributed by atoms with Crippen molar-refractivity contribution in [2.75, 3.05) is 18.0 Å². The van der Waals surface area contributed by atoms with Crippen LogP contribution in [0.4, 0.5) is 11.4 Å². The van der Waals surface area contributed by atoms with Crippen LogP contribution in [0.2, 0.25) is 0 Å². The van der Waals surface area contributed by atoms with Crippen LogP contribution in [-0.2, 0) is 14.8 Å². The van der Waals surface area contributed by atoms with Gasteiger partial charge in [0.15, 0.2) is 4.90 Å². The Morgan fingerprint density at radius 2 is 1.79 bits per heavy atom. The number of hydrogen-bond acceptors (Lipinski definition) is 7. The fourth-order valence-corrected chi connectivity index (χ4v) is 4.50. The molecule has 3 aromatic rings. The zero-order chi connectivity index (χ0) is 23.8. The lowest BCUT2D eigenvalue weighted by molar-refractivity contribution is -0.387. The van der Waals surface area contributed by atoms with E-state index < -0.39 is 38.0 Å². The molecule has 0 aromatic heterocycles. The number of nitro groups is 1. The molecule has 0 aliphatic rings. The molecule has 1 amide bonds. The Hall–Kier alpha value is -4.25. The summed E-state index contributed by atoms with van der Waals surface area (Å²) in [6.45, 7) is -0.645. The molecule has 1 N–H and O–H groups in total. The number of para-hydroxylation sites is 2. The van der Waals surface area contributed by atoms with Crippen LogP contribution in [0.25, 0.3) is 0 Å². The van der Waals surface area contributed by atoms with E-state index in [0.29, 0.717) is 11.3 Å². The van der Waals surface area contributed by atoms with Gasteiger partial charge in [-0.1, -0.05) is 42.5 Å². The molecule has 0 unspecified atom stereocenters. The summed E-state index contributed by atoms with van der Waals surface area (Å²) in [5.41, 5.74) is 2.52. The summed E-state index contributed by atoms with van der Waals surface area (Å²) >= 11 is 0. The molecule has 0 aliphatic heterocycles. The molecule has 3 aromatic carbocycles. The van der Waals surface area contributed by atoms with Crippen LogP contribution in [0.5, 0.6) is 5.75 Å². The number of amides is 1. The molecule has 0 fully saturated rings. The number of hydrogen-bond donors (Lipinski definition) is 1. The third-order valence-corrected chi connectivity index (χ3v) is 6.28. The number of rotatable bonds is 9. The lowest BCUT2D eigenvalue weighted by Gasteiger charge is -2.23. The summed E-state index contributed by atoms with van der Waals surface area (Å²) in [5.74, 6) is -0.128. The Bertz CT molecular complexity index is 1280. The van der Waals surface area contributed by atoms with Gasteiger partial charge in [-0.25, -0.2) is 13.8 Å². The Morgan fingerprint density at radius 3 is 2.48 bits per heavy atom. The number of carbonyl (C=O) groups is 1. The van der Waals surface area contributed by atoms with E-state index in [4.69, 9.17) is 4.74 Å². The minimum Gasteiger partial charge on any atom is -0.497 e. The largest absolute Gasteiger partial charge is 0.497 e. The van der Waals surface area contributed by atoms with Crippen molar-refractivity contribution in [1.82, 2.24) is 5.43 Å². The molecule has 0 atom stereocenters. The van der Waals surface area contributed by atoms with Crippen LogP contribution in [-0.4, -0.2) is 39.1 Å². The molecule has 0 aliphatic carbocycles. The highest BCUT2D eigenvalue weighted by Crippen LogP contribution is 2.29. The van der Waals surface area contributed by atoms with Crippen LogP contribution in [0, 0.1) is 10.1 Å². The second-order valence-electron chi connectivity index (χ2n) is 6.64. The second kappa shape index (κ2) is 10.4. The van der Waals surface area contributed by atoms with Crippen molar-refractivity contribution in [3.05, 3.63) is 94.5 Å². The fourth-order valence-electron chi connectivity index (χ4n) is 2.92. The summed E-state index contributed by atoms with van der Waals surface area (Å²) in [6, 6.07) is 19.7. The highest BCUT2D eigenvalue weighted by Gasteiger charge is 2.32. The molecule has 11 heteroatoms. The predicted molar refractivity (Wildman–Crippen MR) is 123 cm³/mol. The number of ether oxygens (including phenoxy) is 1. The van der Waals surface area contributed by atoms with Gasteiger partial charge in [-0.3, -0.25) is 19.2 Å². The lowest BCUT2D eigenvalue weighted by Crippen LogP contribution is -2.39. The Labute approximate surface area is 190 Å². The Kier molecular flexibility index (Phi) is 7.36. The first-order valence-electron chi connectivity index (χ1n) is 9.60. The molecule has 0 bridgehead atoms. The molecule has 33 heavy (non-hydrogen) atoms. The van der Waals surface area contributed by atoms with Gasteiger partial charge < -0.3 is 4.74 Å². The van der Waals surface area contributed by atoms with Gasteiger partial charge in [-0.2, -0.15) is 5.10 Å². The molecular weight excluding hydrogens is 448 g/mol. The monoisotopic (exact) mass is 468 g/mol. The Morgan fingerprint density at radius 1 is 1.09 bits per heavy atom. The van der Waals surface area contributed by atoms with Crippen LogP contribution < -0.4 is 14.5 Å². The average Bonchev–Trinajstić information content (AvgIpc) is 2.83. The fraction of sp³-hybridized carbons (Fsp3) is 0.0909. The van der Waals surface area contributed by atoms with Crippen LogP contribution in [0.3, 0.4) is 0 Å². The molecular formula is C22H20N4O6S. The summed E-state index contributed by atoms with van der Waals surface area (Å²) in [6.07, 6.45) is 1.38. The van der Waals surface area contributed by atoms with Gasteiger partial charge >= 0.3 is 0 Å². The maximum atomic E-state index is 13.3. The highest BCUT2D eigenvalue weighted by molar-refractivity contribution is 7.93. The molecule has 0 saturated carbocycles. The topological polar surface area (TPSA) is 131 Å². The van der Waals surface area contributed by atoms with E-state index in [1.165, 1.54) is 37.6 Å². The third-order valence-electron chi connectivity index (χ3n) is 4.46. The van der Waals surface area contributed by atoms with Gasteiger partial charge in [-0.05, 0) is 35.9 Å². The highest BCUT2D eigenvalue weighted by atomic mass is 32.2. The molecule has 3 rings (SSSR count). The van der Waals surface area contributed by atoms with Crippen LogP contribution >= 0.6 is 0 Å². The van der Waals surface area contributed by atoms with Crippen molar-refractivity contribution in [1.29, 1.82) is 0 Å². The molecule has 170 valence electrons. The number of nitro benzene ring substituents is 1. The molecule has 0 spiro atoms. The summed E-state index contributed by atoms with van der Waals surface area (Å²) < 4.78 is 32.6. The second-order valence-corrected chi connectivity index (χ2v) is 8.47. The van der Waals surface area contributed by atoms with Crippen LogP contribution in [0.15, 0.2) is 88.9 Å². The molecule has 0 heterocycles. The van der Waals surface area contributed by atoms with E-state index in [1.807, 2.05) is 0 Å². The van der Waals surface area contributed by atoms with Crippen molar-refractivity contribution >= 4 is 33.5 Å². The number of methoxy groups -OCH3 is 1. The van der Waals surface area contributed by atoms with E-state index in [2.05, 4.69) is 10.5 Å². The van der Waals surface area contributed by atoms with Gasteiger partial charge in [0.05, 0.1) is 23.9 Å². The SMILES string of the molecule is COc1cccc(/C=N\NC(=O)CN(c2ccccc2)S(=O)(=O)c2ccccc2[N+](=O)[O-])c1. The minimum absolute atomic E-state index is 0.169. The number of hydrazone groups is 1. The maximum Gasteiger partial charge on any atom is 0.289 e. The first-order chi connectivity index (χ1) is 15.8. The van der Waals surface area contributed by atoms with Gasteiger partial charge in [0.2, 0.25) is 0 Å². The third kappa shape index (κ3) is 5.71. The minimum atomic E-state index is -4.45. The van der Waals surface area contributed by atoms with E-state index >= 15 is 0 Å². The van der Waals surface area contributed by atoms with Gasteiger partial charge in [0.1, 0.15) is 12.3 Å². The van der Waals surface area contributed by atoms with E-state index in [9.17, 15) is 23.3 Å². The quantitative estimate of drug-likeness (QED) is 0.292. The first kappa shape index (κ1) is 23.4. The first-order valence-corrected chi connectivity index (χ1v) is 11.0. The van der Waals surface area contributed by atoms with Gasteiger partial charge in [-0.15, -0.1) is 0 Å². The zero-order valence-electron chi connectivity index (χ0n) is 17.5. The summed E-state index contributed by atoms with van der Waals surface area (Å²) in [7, 11) is -2.93. The lowest BCUT2D eigenvalue weighted by atomic mass is 10.2. The number of nitrogens with zero attached hydrogens (tertiary/aromatic N) is 3. The maximum absolute atomic E-state index is 13.3. The van der Waals surface area contributed by atoms with Crippen molar-refractivity contribution in [2.24, 2.45) is 5.10 Å². The average molecular weight is 468 g/mol. The number of nitrogens with one attached hydrogen (secondary N) is 1. The van der Waals surface area contributed by atoms with E-state index in [1.54, 1.807) is 42.5 Å². The van der Waals surface area contributed by atoms with Gasteiger partial charge in [0, 0.05) is 6.07 Å². The smallest absolute Gasteiger partial charge is 0.289 e. The number of sulfonamides is 1. The number of carbonyl (C=O) groups excluding carboxylic acids is 1. The van der Waals surface area contributed by atoms with Crippen molar-refractivity contribution in [3.63, 3.8) is 0 Å². The van der Waals surface area contributed by atoms with Crippen LogP contribution in [0.1, 0.15) is 5.56 Å². The number of anilines is 1. The summed E-state index contributed by atoms with van der Waals surface area (Å²) in [5, 5.41) is 15.2. The number of benzene rings is 3. The molecule has 0 radical (unpaired) electrons.